The fraction of sp³-hybridized carbons (Fsp3) is 0.432. The molecule has 3 amide bonds. The zero-order chi connectivity index (χ0) is 33.7. The molecule has 3 rings (SSSR count). The van der Waals surface area contributed by atoms with Crippen molar-refractivity contribution < 1.29 is 24.2 Å². The Morgan fingerprint density at radius 2 is 1.40 bits per heavy atom. The molecule has 0 aromatic heterocycles. The first-order chi connectivity index (χ1) is 20.9. The van der Waals surface area contributed by atoms with Gasteiger partial charge in [-0.15, -0.1) is 0 Å². The van der Waals surface area contributed by atoms with E-state index in [-0.39, 0.29) is 18.1 Å². The van der Waals surface area contributed by atoms with Gasteiger partial charge in [0.05, 0.1) is 0 Å². The molecule has 0 aliphatic heterocycles. The van der Waals surface area contributed by atoms with E-state index >= 15 is 0 Å². The molecule has 3 N–H and O–H groups in total. The lowest BCUT2D eigenvalue weighted by Gasteiger charge is -2.45. The quantitative estimate of drug-likeness (QED) is 0.219. The number of hydrogen-bond donors (Lipinski definition) is 3. The average molecular weight is 616 g/mol. The van der Waals surface area contributed by atoms with Crippen LogP contribution in [0.3, 0.4) is 0 Å². The van der Waals surface area contributed by atoms with Crippen molar-refractivity contribution >= 4 is 23.6 Å². The number of hydrogen-bond acceptors (Lipinski definition) is 5. The SMILES string of the molecule is CCC(C)(C)N(C(=O)C(Cc1ccc(O)cc1)NC(=O)OC(C)(C)C)C(C(=O)Nc1c(C)cccc1C)c1cccc(C)c1C. The van der Waals surface area contributed by atoms with Gasteiger partial charge in [0.15, 0.2) is 0 Å². The molecule has 45 heavy (non-hydrogen) atoms. The first kappa shape index (κ1) is 35.2. The summed E-state index contributed by atoms with van der Waals surface area (Å²) in [5.41, 5.74) is 4.25. The van der Waals surface area contributed by atoms with E-state index in [1.165, 1.54) is 12.1 Å². The molecule has 3 aromatic carbocycles. The lowest BCUT2D eigenvalue weighted by atomic mass is 9.88. The fourth-order valence-electron chi connectivity index (χ4n) is 5.30. The normalized spacial score (nSPS) is 13.0. The predicted octanol–water partition coefficient (Wildman–Crippen LogP) is 7.46. The summed E-state index contributed by atoms with van der Waals surface area (Å²) in [6.07, 6.45) is -0.0841. The molecule has 242 valence electrons. The Bertz CT molecular complexity index is 1500. The summed E-state index contributed by atoms with van der Waals surface area (Å²) in [7, 11) is 0. The number of phenols is 1. The molecule has 0 fully saturated rings. The van der Waals surface area contributed by atoms with E-state index < -0.39 is 35.2 Å². The molecule has 0 aliphatic rings. The van der Waals surface area contributed by atoms with Gasteiger partial charge in [-0.05, 0) is 114 Å². The van der Waals surface area contributed by atoms with E-state index in [1.54, 1.807) is 37.8 Å². The van der Waals surface area contributed by atoms with Crippen molar-refractivity contribution in [3.05, 3.63) is 94.0 Å². The molecular weight excluding hydrogens is 566 g/mol. The Morgan fingerprint density at radius 1 is 0.844 bits per heavy atom. The first-order valence-electron chi connectivity index (χ1n) is 15.5. The van der Waals surface area contributed by atoms with Crippen LogP contribution in [0.25, 0.3) is 0 Å². The van der Waals surface area contributed by atoms with E-state index in [1.807, 2.05) is 84.9 Å². The molecule has 0 radical (unpaired) electrons. The smallest absolute Gasteiger partial charge is 0.408 e. The molecule has 8 heteroatoms. The van der Waals surface area contributed by atoms with Gasteiger partial charge in [-0.1, -0.05) is 55.5 Å². The molecule has 0 saturated carbocycles. The van der Waals surface area contributed by atoms with Crippen molar-refractivity contribution in [2.24, 2.45) is 0 Å². The summed E-state index contributed by atoms with van der Waals surface area (Å²) >= 11 is 0. The highest BCUT2D eigenvalue weighted by atomic mass is 16.6. The highest BCUT2D eigenvalue weighted by molar-refractivity contribution is 6.00. The Kier molecular flexibility index (Phi) is 11.1. The number of carbonyl (C=O) groups excluding carboxylic acids is 3. The molecule has 0 bridgehead atoms. The van der Waals surface area contributed by atoms with Crippen LogP contribution >= 0.6 is 0 Å². The number of carbonyl (C=O) groups is 3. The number of benzene rings is 3. The van der Waals surface area contributed by atoms with Crippen LogP contribution in [0.15, 0.2) is 60.7 Å². The van der Waals surface area contributed by atoms with E-state index in [4.69, 9.17) is 4.74 Å². The van der Waals surface area contributed by atoms with Crippen LogP contribution < -0.4 is 10.6 Å². The Labute approximate surface area is 268 Å². The molecule has 2 unspecified atom stereocenters. The van der Waals surface area contributed by atoms with Gasteiger partial charge in [-0.25, -0.2) is 4.79 Å². The Balaban J connectivity index is 2.22. The number of amides is 3. The van der Waals surface area contributed by atoms with Crippen molar-refractivity contribution in [2.45, 2.75) is 105 Å². The molecule has 3 aromatic rings. The Hall–Kier alpha value is -4.33. The number of nitrogens with one attached hydrogen (secondary N) is 2. The molecule has 0 spiro atoms. The number of phenolic OH excluding ortho intramolecular Hbond substituents is 1. The minimum atomic E-state index is -1.07. The van der Waals surface area contributed by atoms with Crippen molar-refractivity contribution in [2.75, 3.05) is 5.32 Å². The number of nitrogens with zero attached hydrogens (tertiary/aromatic N) is 1. The number of ether oxygens (including phenoxy) is 1. The summed E-state index contributed by atoms with van der Waals surface area (Å²) in [5, 5.41) is 15.8. The number of aryl methyl sites for hydroxylation is 3. The van der Waals surface area contributed by atoms with Crippen LogP contribution in [0.4, 0.5) is 10.5 Å². The van der Waals surface area contributed by atoms with Crippen molar-refractivity contribution in [3.8, 4) is 5.75 Å². The Morgan fingerprint density at radius 3 is 1.96 bits per heavy atom. The third-order valence-electron chi connectivity index (χ3n) is 8.30. The van der Waals surface area contributed by atoms with Gasteiger partial charge in [-0.3, -0.25) is 9.59 Å². The number of anilines is 1. The van der Waals surface area contributed by atoms with Crippen LogP contribution in [0.5, 0.6) is 5.75 Å². The van der Waals surface area contributed by atoms with Crippen molar-refractivity contribution in [1.82, 2.24) is 10.2 Å². The topological polar surface area (TPSA) is 108 Å². The molecular formula is C37H49N3O5. The van der Waals surface area contributed by atoms with E-state index in [2.05, 4.69) is 10.6 Å². The fourth-order valence-corrected chi connectivity index (χ4v) is 5.30. The van der Waals surface area contributed by atoms with Crippen LogP contribution in [-0.4, -0.2) is 45.1 Å². The molecule has 0 heterocycles. The predicted molar refractivity (Wildman–Crippen MR) is 179 cm³/mol. The number of para-hydroxylation sites is 1. The van der Waals surface area contributed by atoms with Gasteiger partial charge in [0.25, 0.3) is 5.91 Å². The molecule has 0 aliphatic carbocycles. The van der Waals surface area contributed by atoms with Crippen LogP contribution in [-0.2, 0) is 20.7 Å². The summed E-state index contributed by atoms with van der Waals surface area (Å²) in [6, 6.07) is 16.0. The van der Waals surface area contributed by atoms with Gasteiger partial charge in [0, 0.05) is 17.6 Å². The lowest BCUT2D eigenvalue weighted by Crippen LogP contribution is -2.59. The second-order valence-corrected chi connectivity index (χ2v) is 13.4. The summed E-state index contributed by atoms with van der Waals surface area (Å²) in [6.45, 7) is 18.9. The number of rotatable bonds is 10. The number of aromatic hydroxyl groups is 1. The van der Waals surface area contributed by atoms with Gasteiger partial charge in [0.1, 0.15) is 23.4 Å². The van der Waals surface area contributed by atoms with Gasteiger partial charge in [-0.2, -0.15) is 0 Å². The van der Waals surface area contributed by atoms with Gasteiger partial charge in [0.2, 0.25) is 5.91 Å². The molecule has 0 saturated heterocycles. The average Bonchev–Trinajstić information content (AvgIpc) is 2.94. The lowest BCUT2D eigenvalue weighted by molar-refractivity contribution is -0.147. The van der Waals surface area contributed by atoms with Gasteiger partial charge < -0.3 is 25.4 Å². The highest BCUT2D eigenvalue weighted by Gasteiger charge is 2.44. The van der Waals surface area contributed by atoms with Crippen LogP contribution in [0.2, 0.25) is 0 Å². The second kappa shape index (κ2) is 14.2. The van der Waals surface area contributed by atoms with E-state index in [0.29, 0.717) is 17.7 Å². The molecule has 8 nitrogen and oxygen atoms in total. The zero-order valence-corrected chi connectivity index (χ0v) is 28.4. The highest BCUT2D eigenvalue weighted by Crippen LogP contribution is 2.36. The maximum Gasteiger partial charge on any atom is 0.408 e. The summed E-state index contributed by atoms with van der Waals surface area (Å²) in [4.78, 5) is 44.3. The summed E-state index contributed by atoms with van der Waals surface area (Å²) in [5.74, 6) is -0.686. The van der Waals surface area contributed by atoms with E-state index in [9.17, 15) is 19.5 Å². The summed E-state index contributed by atoms with van der Waals surface area (Å²) < 4.78 is 5.56. The minimum Gasteiger partial charge on any atom is -0.508 e. The standard InChI is InChI=1S/C37H49N3O5/c1-11-37(9,10)40(34(43)30(38-35(44)45-36(6,7)8)22-27-18-20-28(41)21-19-27)32(29-17-13-14-23(2)26(29)5)33(42)39-31-24(3)15-12-16-25(31)4/h12-21,30,32,41H,11,22H2,1-10H3,(H,38,44)(H,39,42). The zero-order valence-electron chi connectivity index (χ0n) is 28.4. The minimum absolute atomic E-state index is 0.0913. The first-order valence-corrected chi connectivity index (χ1v) is 15.5. The van der Waals surface area contributed by atoms with Gasteiger partial charge >= 0.3 is 6.09 Å². The van der Waals surface area contributed by atoms with Crippen LogP contribution in [0.1, 0.15) is 87.4 Å². The van der Waals surface area contributed by atoms with Crippen molar-refractivity contribution in [3.63, 3.8) is 0 Å². The third kappa shape index (κ3) is 8.87. The van der Waals surface area contributed by atoms with E-state index in [0.717, 1.165) is 27.8 Å². The second-order valence-electron chi connectivity index (χ2n) is 13.4. The monoisotopic (exact) mass is 615 g/mol. The van der Waals surface area contributed by atoms with Crippen LogP contribution in [0, 0.1) is 27.7 Å². The molecule has 2 atom stereocenters. The largest absolute Gasteiger partial charge is 0.508 e. The maximum absolute atomic E-state index is 14.9. The third-order valence-corrected chi connectivity index (χ3v) is 8.30. The van der Waals surface area contributed by atoms with Crippen molar-refractivity contribution in [1.29, 1.82) is 0 Å². The number of alkyl carbamates (subject to hydrolysis) is 1. The maximum atomic E-state index is 14.9.